The first-order chi connectivity index (χ1) is 21.3. The molecule has 2 amide bonds. The van der Waals surface area contributed by atoms with Crippen LogP contribution in [0.3, 0.4) is 0 Å². The molecule has 0 rings (SSSR count). The fraction of sp³-hybridized carbons (Fsp3) is 0.731. The molecule has 0 saturated carbocycles. The fourth-order valence-corrected chi connectivity index (χ4v) is 3.55. The van der Waals surface area contributed by atoms with E-state index in [4.69, 9.17) is 18.9 Å². The van der Waals surface area contributed by atoms with Gasteiger partial charge in [-0.05, 0) is 0 Å². The number of aliphatic carboxylic acids is 3. The Morgan fingerprint density at radius 2 is 0.826 bits per heavy atom. The Balaban J connectivity index is 0. The van der Waals surface area contributed by atoms with Gasteiger partial charge >= 0.3 is 51.9 Å². The minimum atomic E-state index is -1.47. The number of carbonyl (C=O) groups is 7. The van der Waals surface area contributed by atoms with Gasteiger partial charge in [0.1, 0.15) is 13.2 Å². The number of hydrogen-bond donors (Lipinski definition) is 2. The molecule has 0 saturated heterocycles. The number of esters is 2. The van der Waals surface area contributed by atoms with Crippen LogP contribution in [0.5, 0.6) is 0 Å². The van der Waals surface area contributed by atoms with Gasteiger partial charge in [0.15, 0.2) is 0 Å². The molecular formula is C26H42GdN5O14. The second kappa shape index (κ2) is 28.6. The summed E-state index contributed by atoms with van der Waals surface area (Å²) in [6, 6.07) is 0. The molecule has 0 aliphatic rings. The van der Waals surface area contributed by atoms with E-state index in [9.17, 15) is 48.9 Å². The molecule has 263 valence electrons. The fourth-order valence-electron chi connectivity index (χ4n) is 3.55. The van der Waals surface area contributed by atoms with Crippen LogP contribution in [-0.2, 0) is 52.5 Å². The third-order valence-corrected chi connectivity index (χ3v) is 5.46. The predicted octanol–water partition coefficient (Wildman–Crippen LogP) is -7.47. The first-order valence-electron chi connectivity index (χ1n) is 14.0. The van der Waals surface area contributed by atoms with Gasteiger partial charge in [-0.25, -0.2) is 0 Å². The summed E-state index contributed by atoms with van der Waals surface area (Å²) >= 11 is 0. The number of carboxylic acid groups (broad SMARTS) is 3. The van der Waals surface area contributed by atoms with Crippen LogP contribution >= 0.6 is 0 Å². The van der Waals surface area contributed by atoms with Crippen molar-refractivity contribution in [2.45, 2.75) is 13.8 Å². The number of carbonyl (C=O) groups excluding carboxylic acids is 7. The summed E-state index contributed by atoms with van der Waals surface area (Å²) in [6.45, 7) is 0.462. The van der Waals surface area contributed by atoms with Crippen molar-refractivity contribution in [3.05, 3.63) is 0 Å². The average molecular weight is 806 g/mol. The molecule has 0 heterocycles. The number of nitrogens with one attached hydrogen (secondary N) is 2. The van der Waals surface area contributed by atoms with Gasteiger partial charge in [-0.1, -0.05) is 0 Å². The van der Waals surface area contributed by atoms with E-state index >= 15 is 0 Å². The number of hydrogen-bond acceptors (Lipinski definition) is 17. The van der Waals surface area contributed by atoms with Gasteiger partial charge in [0.2, 0.25) is 11.8 Å². The normalized spacial score (nSPS) is 10.7. The van der Waals surface area contributed by atoms with Gasteiger partial charge in [0.25, 0.3) is 0 Å². The van der Waals surface area contributed by atoms with Gasteiger partial charge < -0.3 is 59.3 Å². The summed E-state index contributed by atoms with van der Waals surface area (Å²) in [7, 11) is 0. The molecule has 0 unspecified atom stereocenters. The van der Waals surface area contributed by atoms with Gasteiger partial charge in [-0.2, -0.15) is 0 Å². The summed E-state index contributed by atoms with van der Waals surface area (Å²) in [5.41, 5.74) is 0. The molecule has 0 aromatic carbocycles. The summed E-state index contributed by atoms with van der Waals surface area (Å²) in [6.07, 6.45) is 0. The van der Waals surface area contributed by atoms with Crippen molar-refractivity contribution >= 4 is 41.7 Å². The van der Waals surface area contributed by atoms with Crippen LogP contribution in [0, 0.1) is 39.9 Å². The first kappa shape index (κ1) is 45.5. The molecule has 19 nitrogen and oxygen atoms in total. The number of carboxylic acids is 3. The number of amides is 2. The van der Waals surface area contributed by atoms with Crippen molar-refractivity contribution in [1.29, 1.82) is 0 Å². The van der Waals surface area contributed by atoms with Crippen LogP contribution in [0.15, 0.2) is 0 Å². The molecule has 2 N–H and O–H groups in total. The Hall–Kier alpha value is -2.59. The molecule has 1 radical (unpaired) electrons. The van der Waals surface area contributed by atoms with E-state index in [1.807, 2.05) is 0 Å². The molecule has 0 aromatic heterocycles. The van der Waals surface area contributed by atoms with Crippen LogP contribution in [0.25, 0.3) is 0 Å². The van der Waals surface area contributed by atoms with Crippen molar-refractivity contribution in [1.82, 2.24) is 25.3 Å². The van der Waals surface area contributed by atoms with E-state index < -0.39 is 61.3 Å². The maximum atomic E-state index is 12.3. The average Bonchev–Trinajstić information content (AvgIpc) is 2.92. The Morgan fingerprint density at radius 1 is 0.500 bits per heavy atom. The molecule has 46 heavy (non-hydrogen) atoms. The van der Waals surface area contributed by atoms with Gasteiger partial charge in [0.05, 0.1) is 57.4 Å². The van der Waals surface area contributed by atoms with Gasteiger partial charge in [-0.15, -0.1) is 0 Å². The van der Waals surface area contributed by atoms with E-state index in [1.54, 1.807) is 0 Å². The Bertz CT molecular complexity index is 892. The Kier molecular flexibility index (Phi) is 28.3. The van der Waals surface area contributed by atoms with Crippen molar-refractivity contribution in [3.8, 4) is 0 Å². The minimum absolute atomic E-state index is 0. The van der Waals surface area contributed by atoms with E-state index in [0.29, 0.717) is 0 Å². The van der Waals surface area contributed by atoms with Crippen LogP contribution < -0.4 is 26.0 Å². The van der Waals surface area contributed by atoms with Crippen LogP contribution in [0.1, 0.15) is 13.8 Å². The topological polar surface area (TPSA) is 259 Å². The van der Waals surface area contributed by atoms with Crippen molar-refractivity contribution in [2.24, 2.45) is 0 Å². The van der Waals surface area contributed by atoms with E-state index in [-0.39, 0.29) is 132 Å². The third-order valence-electron chi connectivity index (χ3n) is 5.46. The van der Waals surface area contributed by atoms with Crippen LogP contribution in [0.4, 0.5) is 0 Å². The maximum Gasteiger partial charge on any atom is 3.00 e. The van der Waals surface area contributed by atoms with Crippen molar-refractivity contribution in [3.63, 3.8) is 0 Å². The Labute approximate surface area is 298 Å². The van der Waals surface area contributed by atoms with E-state index in [1.165, 1.54) is 28.5 Å². The number of ether oxygens (including phenoxy) is 4. The second-order valence-electron chi connectivity index (χ2n) is 9.42. The zero-order valence-corrected chi connectivity index (χ0v) is 28.2. The first-order valence-corrected chi connectivity index (χ1v) is 14.0. The smallest absolute Gasteiger partial charge is 0.549 e. The summed E-state index contributed by atoms with van der Waals surface area (Å²) in [5, 5.41) is 38.8. The molecule has 0 bridgehead atoms. The third kappa shape index (κ3) is 30.1. The van der Waals surface area contributed by atoms with Crippen molar-refractivity contribution in [2.75, 3.05) is 112 Å². The van der Waals surface area contributed by atoms with Gasteiger partial charge in [-0.3, -0.25) is 33.9 Å². The molecule has 0 fully saturated rings. The quantitative estimate of drug-likeness (QED) is 0.0550. The minimum Gasteiger partial charge on any atom is -0.549 e. The number of nitrogens with zero attached hydrogens (tertiary/aromatic N) is 3. The molecule has 0 atom stereocenters. The van der Waals surface area contributed by atoms with Crippen molar-refractivity contribution < 1.29 is 108 Å². The molecule has 0 spiro atoms. The molecule has 0 aromatic rings. The largest absolute Gasteiger partial charge is 3.00 e. The van der Waals surface area contributed by atoms with E-state index in [0.717, 1.165) is 0 Å². The predicted molar refractivity (Wildman–Crippen MR) is 145 cm³/mol. The van der Waals surface area contributed by atoms with Crippen LogP contribution in [0.2, 0.25) is 0 Å². The monoisotopic (exact) mass is 806 g/mol. The van der Waals surface area contributed by atoms with E-state index in [2.05, 4.69) is 10.6 Å². The zero-order valence-electron chi connectivity index (χ0n) is 25.9. The molecule has 20 heteroatoms. The second-order valence-corrected chi connectivity index (χ2v) is 9.42. The molecule has 0 aliphatic carbocycles. The number of rotatable bonds is 28. The Morgan fingerprint density at radius 3 is 1.15 bits per heavy atom. The summed E-state index contributed by atoms with van der Waals surface area (Å²) in [5.74, 6) is -6.37. The van der Waals surface area contributed by atoms with Crippen LogP contribution in [-0.4, -0.2) is 168 Å². The SMILES string of the molecule is CC(=O)OCCOCCNC(=O)CN(CCN(CCN(CC(=O)[O-])CC(=O)NCCOCCOC(C)=O)CC(=O)[O-])CC(=O)[O-].[Gd+3]. The molecular weight excluding hydrogens is 764 g/mol. The summed E-state index contributed by atoms with van der Waals surface area (Å²) in [4.78, 5) is 83.5. The molecule has 0 aliphatic heterocycles. The zero-order chi connectivity index (χ0) is 34.0. The van der Waals surface area contributed by atoms with Gasteiger partial charge in [0, 0.05) is 72.8 Å². The standard InChI is InChI=1S/C26H45N5O14.Gd/c1-20(32)44-13-11-42-9-3-27-22(34)15-30(18-25(38)39)7-5-29(17-24(36)37)6-8-31(19-26(40)41)16-23(35)28-4-10-43-12-14-45-21(2)33;/h3-19H2,1-2H3,(H,27,34)(H,28,35)(H,36,37)(H,38,39)(H,40,41);/q;+3/p-3. The summed E-state index contributed by atoms with van der Waals surface area (Å²) < 4.78 is 19.8. The maximum absolute atomic E-state index is 12.3.